The summed E-state index contributed by atoms with van der Waals surface area (Å²) >= 11 is 0. The van der Waals surface area contributed by atoms with Gasteiger partial charge in [-0.15, -0.1) is 0 Å². The van der Waals surface area contributed by atoms with Gasteiger partial charge in [0.2, 0.25) is 15.9 Å². The molecule has 2 aromatic carbocycles. The van der Waals surface area contributed by atoms with E-state index in [0.29, 0.717) is 11.1 Å². The maximum Gasteiger partial charge on any atom is 0.326 e. The van der Waals surface area contributed by atoms with Crippen LogP contribution in [0.3, 0.4) is 0 Å². The Morgan fingerprint density at radius 3 is 2.24 bits per heavy atom. The smallest absolute Gasteiger partial charge is 0.326 e. The van der Waals surface area contributed by atoms with Crippen LogP contribution in [0.25, 0.3) is 0 Å². The van der Waals surface area contributed by atoms with Gasteiger partial charge in [0.25, 0.3) is 0 Å². The van der Waals surface area contributed by atoms with E-state index in [1.54, 1.807) is 36.4 Å². The number of rotatable bonds is 8. The van der Waals surface area contributed by atoms with Gasteiger partial charge in [0.1, 0.15) is 6.04 Å². The zero-order valence-electron chi connectivity index (χ0n) is 16.0. The van der Waals surface area contributed by atoms with Gasteiger partial charge in [0.05, 0.1) is 23.1 Å². The topological polar surface area (TPSA) is 128 Å². The first-order valence-corrected chi connectivity index (χ1v) is 10.1. The van der Waals surface area contributed by atoms with E-state index in [-0.39, 0.29) is 11.3 Å². The Morgan fingerprint density at radius 1 is 1.14 bits per heavy atom. The van der Waals surface area contributed by atoms with Crippen LogP contribution in [0, 0.1) is 18.3 Å². The lowest BCUT2D eigenvalue weighted by Gasteiger charge is -2.19. The molecule has 0 aliphatic rings. The van der Waals surface area contributed by atoms with Crippen molar-refractivity contribution in [2.24, 2.45) is 0 Å². The Morgan fingerprint density at radius 2 is 1.72 bits per heavy atom. The number of hydrogen-bond acceptors (Lipinski definition) is 5. The summed E-state index contributed by atoms with van der Waals surface area (Å²) in [5.41, 5.74) is 1.96. The van der Waals surface area contributed by atoms with Crippen molar-refractivity contribution < 1.29 is 23.1 Å². The Kier molecular flexibility index (Phi) is 7.09. The predicted octanol–water partition coefficient (Wildman–Crippen LogP) is 1.30. The molecule has 152 valence electrons. The Hall–Kier alpha value is -3.22. The van der Waals surface area contributed by atoms with Gasteiger partial charge in [-0.25, -0.2) is 13.2 Å². The summed E-state index contributed by atoms with van der Waals surface area (Å²) in [6, 6.07) is 13.3. The fraction of sp³-hybridized carbons (Fsp3) is 0.250. The molecule has 9 heteroatoms. The SMILES string of the molecule is Cc1ccc(S(=O)(=O)N(C)CC(=O)N[C@@H](Cc2ccc(C#N)cc2)C(=O)O)cc1. The van der Waals surface area contributed by atoms with Gasteiger partial charge in [-0.05, 0) is 36.8 Å². The number of aryl methyl sites for hydroxylation is 1. The second kappa shape index (κ2) is 9.32. The van der Waals surface area contributed by atoms with Crippen molar-refractivity contribution >= 4 is 21.9 Å². The molecule has 1 atom stereocenters. The van der Waals surface area contributed by atoms with Crippen LogP contribution in [-0.4, -0.2) is 49.3 Å². The summed E-state index contributed by atoms with van der Waals surface area (Å²) in [6.07, 6.45) is 0.00120. The number of carboxylic acids is 1. The molecule has 0 aliphatic carbocycles. The van der Waals surface area contributed by atoms with Crippen LogP contribution < -0.4 is 5.32 Å². The number of nitriles is 1. The minimum absolute atomic E-state index is 0.00120. The van der Waals surface area contributed by atoms with Crippen molar-refractivity contribution in [2.45, 2.75) is 24.3 Å². The standard InChI is InChI=1S/C20H21N3O5S/c1-14-3-9-17(10-4-14)29(27,28)23(2)13-19(24)22-18(20(25)26)11-15-5-7-16(12-21)8-6-15/h3-10,18H,11,13H2,1-2H3,(H,22,24)(H,25,26)/t18-/m0/s1. The molecule has 0 saturated heterocycles. The Labute approximate surface area is 169 Å². The minimum atomic E-state index is -3.88. The first-order valence-electron chi connectivity index (χ1n) is 8.67. The van der Waals surface area contributed by atoms with Crippen molar-refractivity contribution in [3.8, 4) is 6.07 Å². The van der Waals surface area contributed by atoms with Gasteiger partial charge in [0, 0.05) is 13.5 Å². The highest BCUT2D eigenvalue weighted by Crippen LogP contribution is 2.15. The quantitative estimate of drug-likeness (QED) is 0.669. The fourth-order valence-corrected chi connectivity index (χ4v) is 3.70. The third-order valence-electron chi connectivity index (χ3n) is 4.25. The molecule has 0 bridgehead atoms. The lowest BCUT2D eigenvalue weighted by Crippen LogP contribution is -2.46. The molecule has 0 heterocycles. The van der Waals surface area contributed by atoms with Gasteiger partial charge >= 0.3 is 5.97 Å². The van der Waals surface area contributed by atoms with Crippen LogP contribution >= 0.6 is 0 Å². The highest BCUT2D eigenvalue weighted by atomic mass is 32.2. The first-order chi connectivity index (χ1) is 13.6. The van der Waals surface area contributed by atoms with E-state index in [1.165, 1.54) is 19.2 Å². The number of likely N-dealkylation sites (N-methyl/N-ethyl adjacent to an activating group) is 1. The van der Waals surface area contributed by atoms with E-state index in [0.717, 1.165) is 9.87 Å². The number of hydrogen-bond donors (Lipinski definition) is 2. The third kappa shape index (κ3) is 5.88. The van der Waals surface area contributed by atoms with Crippen molar-refractivity contribution in [2.75, 3.05) is 13.6 Å². The van der Waals surface area contributed by atoms with Crippen LogP contribution in [-0.2, 0) is 26.0 Å². The van der Waals surface area contributed by atoms with Crippen molar-refractivity contribution in [1.29, 1.82) is 5.26 Å². The lowest BCUT2D eigenvalue weighted by atomic mass is 10.0. The number of nitrogens with zero attached hydrogens (tertiary/aromatic N) is 2. The molecule has 8 nitrogen and oxygen atoms in total. The molecule has 0 radical (unpaired) electrons. The second-order valence-electron chi connectivity index (χ2n) is 6.55. The summed E-state index contributed by atoms with van der Waals surface area (Å²) in [5.74, 6) is -1.98. The molecule has 0 saturated carbocycles. The molecular formula is C20H21N3O5S. The van der Waals surface area contributed by atoms with E-state index in [1.807, 2.05) is 13.0 Å². The van der Waals surface area contributed by atoms with E-state index in [4.69, 9.17) is 5.26 Å². The monoisotopic (exact) mass is 415 g/mol. The fourth-order valence-electron chi connectivity index (χ4n) is 2.57. The number of carbonyl (C=O) groups is 2. The molecule has 0 unspecified atom stereocenters. The molecule has 0 spiro atoms. The normalized spacial score (nSPS) is 12.2. The van der Waals surface area contributed by atoms with Gasteiger partial charge in [-0.3, -0.25) is 4.79 Å². The average Bonchev–Trinajstić information content (AvgIpc) is 2.68. The van der Waals surface area contributed by atoms with Crippen molar-refractivity contribution in [3.05, 3.63) is 65.2 Å². The molecule has 0 aliphatic heterocycles. The van der Waals surface area contributed by atoms with Gasteiger partial charge in [0.15, 0.2) is 0 Å². The van der Waals surface area contributed by atoms with Crippen LogP contribution in [0.1, 0.15) is 16.7 Å². The number of benzene rings is 2. The molecule has 0 aromatic heterocycles. The molecular weight excluding hydrogens is 394 g/mol. The number of sulfonamides is 1. The number of carboxylic acid groups (broad SMARTS) is 1. The summed E-state index contributed by atoms with van der Waals surface area (Å²) < 4.78 is 26.0. The zero-order valence-corrected chi connectivity index (χ0v) is 16.8. The molecule has 2 aromatic rings. The van der Waals surface area contributed by atoms with Gasteiger partial charge in [-0.1, -0.05) is 29.8 Å². The number of carbonyl (C=O) groups excluding carboxylic acids is 1. The number of nitrogens with one attached hydrogen (secondary N) is 1. The lowest BCUT2D eigenvalue weighted by molar-refractivity contribution is -0.141. The van der Waals surface area contributed by atoms with E-state index in [2.05, 4.69) is 5.32 Å². The summed E-state index contributed by atoms with van der Waals surface area (Å²) in [6.45, 7) is 1.31. The van der Waals surface area contributed by atoms with E-state index < -0.39 is 34.5 Å². The van der Waals surface area contributed by atoms with Crippen LogP contribution in [0.4, 0.5) is 0 Å². The highest BCUT2D eigenvalue weighted by Gasteiger charge is 2.26. The average molecular weight is 415 g/mol. The first kappa shape index (κ1) is 22.1. The maximum atomic E-state index is 12.6. The van der Waals surface area contributed by atoms with Gasteiger partial charge in [-0.2, -0.15) is 9.57 Å². The molecule has 2 rings (SSSR count). The Bertz CT molecular complexity index is 1030. The second-order valence-corrected chi connectivity index (χ2v) is 8.59. The van der Waals surface area contributed by atoms with Crippen LogP contribution in [0.2, 0.25) is 0 Å². The molecule has 1 amide bonds. The van der Waals surface area contributed by atoms with Crippen molar-refractivity contribution in [3.63, 3.8) is 0 Å². The maximum absolute atomic E-state index is 12.6. The van der Waals surface area contributed by atoms with E-state index >= 15 is 0 Å². The van der Waals surface area contributed by atoms with E-state index in [9.17, 15) is 23.1 Å². The number of amides is 1. The number of aliphatic carboxylic acids is 1. The van der Waals surface area contributed by atoms with Crippen LogP contribution in [0.15, 0.2) is 53.4 Å². The third-order valence-corrected chi connectivity index (χ3v) is 6.07. The highest BCUT2D eigenvalue weighted by molar-refractivity contribution is 7.89. The predicted molar refractivity (Wildman–Crippen MR) is 105 cm³/mol. The molecule has 2 N–H and O–H groups in total. The van der Waals surface area contributed by atoms with Crippen molar-refractivity contribution in [1.82, 2.24) is 9.62 Å². The zero-order chi connectivity index (χ0) is 21.6. The molecule has 29 heavy (non-hydrogen) atoms. The summed E-state index contributed by atoms with van der Waals surface area (Å²) in [7, 11) is -2.62. The molecule has 0 fully saturated rings. The van der Waals surface area contributed by atoms with Gasteiger partial charge < -0.3 is 10.4 Å². The summed E-state index contributed by atoms with van der Waals surface area (Å²) in [5, 5.41) is 20.5. The summed E-state index contributed by atoms with van der Waals surface area (Å²) in [4.78, 5) is 23.8. The van der Waals surface area contributed by atoms with Crippen LogP contribution in [0.5, 0.6) is 0 Å². The largest absolute Gasteiger partial charge is 0.480 e. The Balaban J connectivity index is 2.04. The minimum Gasteiger partial charge on any atom is -0.480 e.